The van der Waals surface area contributed by atoms with Crippen molar-refractivity contribution in [1.82, 2.24) is 14.5 Å². The third kappa shape index (κ3) is 3.83. The number of hydrogen-bond donors (Lipinski definition) is 0. The number of carbonyl (C=O) groups excluding carboxylic acids is 1. The SMILES string of the molecule is COc1cc(/C=C2\O[C@@H](C)[C@H]3CC[C@@H](c4ccc(F)c(F)c4)N3C2=O)ccc1-n1cnc(C)c1. The molecule has 3 aromatic rings. The van der Waals surface area contributed by atoms with E-state index in [1.165, 1.54) is 6.07 Å². The number of rotatable bonds is 4. The zero-order valence-corrected chi connectivity index (χ0v) is 19.2. The highest BCUT2D eigenvalue weighted by molar-refractivity contribution is 5.97. The average Bonchev–Trinajstić information content (AvgIpc) is 3.46. The zero-order chi connectivity index (χ0) is 24.0. The molecule has 3 atom stereocenters. The molecule has 3 heterocycles. The fourth-order valence-corrected chi connectivity index (χ4v) is 4.89. The molecule has 2 aliphatic rings. The maximum Gasteiger partial charge on any atom is 0.289 e. The van der Waals surface area contributed by atoms with Gasteiger partial charge in [-0.3, -0.25) is 4.79 Å². The van der Waals surface area contributed by atoms with Crippen molar-refractivity contribution in [2.24, 2.45) is 0 Å². The number of methoxy groups -OCH3 is 1. The number of aromatic nitrogens is 2. The van der Waals surface area contributed by atoms with Crippen LogP contribution in [-0.2, 0) is 9.53 Å². The molecule has 0 bridgehead atoms. The van der Waals surface area contributed by atoms with Crippen LogP contribution in [0.15, 0.2) is 54.7 Å². The summed E-state index contributed by atoms with van der Waals surface area (Å²) in [5.41, 5.74) is 3.05. The summed E-state index contributed by atoms with van der Waals surface area (Å²) in [6.07, 6.45) is 6.48. The highest BCUT2D eigenvalue weighted by Gasteiger charge is 2.46. The second-order valence-electron chi connectivity index (χ2n) is 8.73. The molecule has 2 aliphatic heterocycles. The topological polar surface area (TPSA) is 56.6 Å². The van der Waals surface area contributed by atoms with Crippen LogP contribution < -0.4 is 4.74 Å². The second-order valence-corrected chi connectivity index (χ2v) is 8.73. The van der Waals surface area contributed by atoms with Gasteiger partial charge in [0.15, 0.2) is 17.4 Å². The van der Waals surface area contributed by atoms with Crippen LogP contribution in [0, 0.1) is 18.6 Å². The molecule has 0 aliphatic carbocycles. The Balaban J connectivity index is 1.47. The van der Waals surface area contributed by atoms with Gasteiger partial charge in [0.1, 0.15) is 11.9 Å². The van der Waals surface area contributed by atoms with E-state index in [4.69, 9.17) is 9.47 Å². The smallest absolute Gasteiger partial charge is 0.289 e. The number of hydrogen-bond acceptors (Lipinski definition) is 4. The Morgan fingerprint density at radius 2 is 1.97 bits per heavy atom. The fraction of sp³-hybridized carbons (Fsp3) is 0.308. The van der Waals surface area contributed by atoms with Gasteiger partial charge in [0.2, 0.25) is 0 Å². The summed E-state index contributed by atoms with van der Waals surface area (Å²) in [6.45, 7) is 3.84. The summed E-state index contributed by atoms with van der Waals surface area (Å²) in [6, 6.07) is 8.99. The Kier molecular flexibility index (Phi) is 5.59. The Morgan fingerprint density at radius 3 is 2.68 bits per heavy atom. The summed E-state index contributed by atoms with van der Waals surface area (Å²) < 4.78 is 40.8. The molecule has 5 rings (SSSR count). The molecular formula is C26H25F2N3O3. The maximum atomic E-state index is 13.9. The number of morpholine rings is 1. The molecule has 1 amide bonds. The monoisotopic (exact) mass is 465 g/mol. The number of benzene rings is 2. The van der Waals surface area contributed by atoms with Gasteiger partial charge in [-0.05, 0) is 68.2 Å². The first kappa shape index (κ1) is 22.1. The average molecular weight is 466 g/mol. The van der Waals surface area contributed by atoms with Gasteiger partial charge in [0, 0.05) is 6.20 Å². The first-order valence-electron chi connectivity index (χ1n) is 11.2. The van der Waals surface area contributed by atoms with Crippen LogP contribution in [-0.4, -0.2) is 39.6 Å². The van der Waals surface area contributed by atoms with Crippen LogP contribution >= 0.6 is 0 Å². The van der Waals surface area contributed by atoms with Gasteiger partial charge in [-0.2, -0.15) is 0 Å². The van der Waals surface area contributed by atoms with Crippen molar-refractivity contribution in [3.8, 4) is 11.4 Å². The number of carbonyl (C=O) groups is 1. The van der Waals surface area contributed by atoms with Crippen molar-refractivity contribution >= 4 is 12.0 Å². The third-order valence-corrected chi connectivity index (χ3v) is 6.55. The molecule has 0 saturated carbocycles. The van der Waals surface area contributed by atoms with Crippen LogP contribution in [0.25, 0.3) is 11.8 Å². The lowest BCUT2D eigenvalue weighted by Crippen LogP contribution is -2.49. The van der Waals surface area contributed by atoms with Crippen molar-refractivity contribution in [1.29, 1.82) is 0 Å². The van der Waals surface area contributed by atoms with Crippen LogP contribution in [0.4, 0.5) is 8.78 Å². The normalized spacial score (nSPS) is 23.2. The minimum atomic E-state index is -0.911. The van der Waals surface area contributed by atoms with E-state index in [9.17, 15) is 13.6 Å². The van der Waals surface area contributed by atoms with Crippen LogP contribution in [0.5, 0.6) is 5.75 Å². The molecular weight excluding hydrogens is 440 g/mol. The van der Waals surface area contributed by atoms with E-state index in [-0.39, 0.29) is 29.9 Å². The number of nitrogens with zero attached hydrogens (tertiary/aromatic N) is 3. The molecule has 2 aromatic carbocycles. The minimum absolute atomic E-state index is 0.121. The highest BCUT2D eigenvalue weighted by Crippen LogP contribution is 2.42. The molecule has 0 N–H and O–H groups in total. The van der Waals surface area contributed by atoms with E-state index < -0.39 is 11.6 Å². The van der Waals surface area contributed by atoms with Crippen LogP contribution in [0.3, 0.4) is 0 Å². The standard InChI is InChI=1S/C26H25F2N3O3/c1-15-13-30(14-29-15)23-7-4-17(10-24(23)33-3)11-25-26(32)31-21(16(2)34-25)8-9-22(31)18-5-6-19(27)20(28)12-18/h4-7,10-14,16,21-22H,8-9H2,1-3H3/b25-11-/t16-,21+,22-/m0/s1. The fourth-order valence-electron chi connectivity index (χ4n) is 4.89. The Bertz CT molecular complexity index is 1290. The van der Waals surface area contributed by atoms with E-state index in [1.54, 1.807) is 30.5 Å². The number of ether oxygens (including phenoxy) is 2. The lowest BCUT2D eigenvalue weighted by atomic mass is 10.0. The quantitative estimate of drug-likeness (QED) is 0.511. The van der Waals surface area contributed by atoms with E-state index in [0.29, 0.717) is 17.7 Å². The zero-order valence-electron chi connectivity index (χ0n) is 19.2. The Hall–Kier alpha value is -3.68. The van der Waals surface area contributed by atoms with Crippen molar-refractivity contribution < 1.29 is 23.0 Å². The third-order valence-electron chi connectivity index (χ3n) is 6.55. The van der Waals surface area contributed by atoms with Gasteiger partial charge >= 0.3 is 0 Å². The van der Waals surface area contributed by atoms with Crippen molar-refractivity contribution in [3.63, 3.8) is 0 Å². The highest BCUT2D eigenvalue weighted by atomic mass is 19.2. The lowest BCUT2D eigenvalue weighted by Gasteiger charge is -2.39. The van der Waals surface area contributed by atoms with Crippen LogP contribution in [0.2, 0.25) is 0 Å². The van der Waals surface area contributed by atoms with Crippen molar-refractivity contribution in [3.05, 3.63) is 83.1 Å². The first-order valence-corrected chi connectivity index (χ1v) is 11.2. The molecule has 34 heavy (non-hydrogen) atoms. The van der Waals surface area contributed by atoms with E-state index in [1.807, 2.05) is 42.8 Å². The second kappa shape index (κ2) is 8.59. The number of fused-ring (bicyclic) bond motifs is 1. The van der Waals surface area contributed by atoms with Gasteiger partial charge in [0.05, 0.1) is 36.9 Å². The largest absolute Gasteiger partial charge is 0.495 e. The minimum Gasteiger partial charge on any atom is -0.495 e. The van der Waals surface area contributed by atoms with Gasteiger partial charge < -0.3 is 18.9 Å². The summed E-state index contributed by atoms with van der Waals surface area (Å²) in [4.78, 5) is 19.5. The maximum absolute atomic E-state index is 13.9. The van der Waals surface area contributed by atoms with Crippen LogP contribution in [0.1, 0.15) is 42.6 Å². The summed E-state index contributed by atoms with van der Waals surface area (Å²) >= 11 is 0. The molecule has 0 unspecified atom stereocenters. The summed E-state index contributed by atoms with van der Waals surface area (Å²) in [5.74, 6) is -1.23. The van der Waals surface area contributed by atoms with Gasteiger partial charge in [0.25, 0.3) is 5.91 Å². The molecule has 2 saturated heterocycles. The lowest BCUT2D eigenvalue weighted by molar-refractivity contribution is -0.144. The number of imidazole rings is 1. The molecule has 8 heteroatoms. The van der Waals surface area contributed by atoms with Crippen molar-refractivity contribution in [2.45, 2.75) is 44.9 Å². The van der Waals surface area contributed by atoms with Gasteiger partial charge in [-0.1, -0.05) is 12.1 Å². The number of amides is 1. The molecule has 6 nitrogen and oxygen atoms in total. The molecule has 176 valence electrons. The Morgan fingerprint density at radius 1 is 1.15 bits per heavy atom. The molecule has 0 radical (unpaired) electrons. The Labute approximate surface area is 196 Å². The van der Waals surface area contributed by atoms with E-state index >= 15 is 0 Å². The summed E-state index contributed by atoms with van der Waals surface area (Å²) in [7, 11) is 1.59. The predicted octanol–water partition coefficient (Wildman–Crippen LogP) is 4.96. The number of halogens is 2. The molecule has 2 fully saturated rings. The summed E-state index contributed by atoms with van der Waals surface area (Å²) in [5, 5.41) is 0. The van der Waals surface area contributed by atoms with Crippen molar-refractivity contribution in [2.75, 3.05) is 7.11 Å². The first-order chi connectivity index (χ1) is 16.4. The van der Waals surface area contributed by atoms with Gasteiger partial charge in [-0.25, -0.2) is 13.8 Å². The van der Waals surface area contributed by atoms with Gasteiger partial charge in [-0.15, -0.1) is 0 Å². The number of aryl methyl sites for hydroxylation is 1. The predicted molar refractivity (Wildman–Crippen MR) is 122 cm³/mol. The molecule has 0 spiro atoms. The van der Waals surface area contributed by atoms with E-state index in [2.05, 4.69) is 4.98 Å². The van der Waals surface area contributed by atoms with E-state index in [0.717, 1.165) is 29.4 Å². The molecule has 1 aromatic heterocycles.